The molecule has 0 aliphatic heterocycles. The molecule has 1 heterocycles. The van der Waals surface area contributed by atoms with Crippen molar-refractivity contribution in [2.24, 2.45) is 0 Å². The number of hydrogen-bond donors (Lipinski definition) is 0. The second-order valence-corrected chi connectivity index (χ2v) is 9.83. The van der Waals surface area contributed by atoms with Gasteiger partial charge in [0.05, 0.1) is 5.60 Å². The maximum Gasteiger partial charge on any atom is 0.225 e. The summed E-state index contributed by atoms with van der Waals surface area (Å²) in [6, 6.07) is 32.0. The van der Waals surface area contributed by atoms with E-state index in [1.807, 2.05) is 97.1 Å². The molecule has 0 aliphatic rings. The molecule has 5 nitrogen and oxygen atoms in total. The summed E-state index contributed by atoms with van der Waals surface area (Å²) in [7, 11) is 0. The molecule has 0 saturated carbocycles. The second-order valence-electron chi connectivity index (χ2n) is 9.83. The molecule has 0 bridgehead atoms. The summed E-state index contributed by atoms with van der Waals surface area (Å²) in [4.78, 5) is 4.71. The Kier molecular flexibility index (Phi) is 9.77. The summed E-state index contributed by atoms with van der Waals surface area (Å²) in [5, 5.41) is 0. The van der Waals surface area contributed by atoms with Crippen molar-refractivity contribution in [3.8, 4) is 28.6 Å². The third-order valence-corrected chi connectivity index (χ3v) is 6.03. The number of hydrogen-bond acceptors (Lipinski definition) is 5. The van der Waals surface area contributed by atoms with E-state index in [-0.39, 0.29) is 5.60 Å². The Balaban J connectivity index is 1.47. The molecule has 0 radical (unpaired) electrons. The van der Waals surface area contributed by atoms with Gasteiger partial charge in [0.25, 0.3) is 0 Å². The van der Waals surface area contributed by atoms with Gasteiger partial charge in [-0.2, -0.15) is 4.98 Å². The molecule has 0 spiro atoms. The molecule has 1 aromatic heterocycles. The number of unbranched alkanes of at least 4 members (excludes halogenated alkanes) is 1. The lowest BCUT2D eigenvalue weighted by Gasteiger charge is -2.25. The predicted molar refractivity (Wildman–Crippen MR) is 152 cm³/mol. The van der Waals surface area contributed by atoms with Crippen LogP contribution in [-0.2, 0) is 18.0 Å². The minimum absolute atomic E-state index is 0.341. The van der Waals surface area contributed by atoms with Gasteiger partial charge in [0.15, 0.2) is 0 Å². The van der Waals surface area contributed by atoms with Gasteiger partial charge in [0.1, 0.15) is 25.6 Å². The van der Waals surface area contributed by atoms with E-state index < -0.39 is 0 Å². The van der Waals surface area contributed by atoms with Gasteiger partial charge in [0, 0.05) is 18.2 Å². The molecule has 0 saturated heterocycles. The number of nitrogens with zero attached hydrogens (tertiary/aromatic N) is 1. The molecule has 0 aliphatic carbocycles. The van der Waals surface area contributed by atoms with Crippen LogP contribution >= 0.6 is 0 Å². The average molecular weight is 512 g/mol. The first-order valence-electron chi connectivity index (χ1n) is 13.2. The van der Waals surface area contributed by atoms with E-state index in [1.165, 1.54) is 0 Å². The highest BCUT2D eigenvalue weighted by molar-refractivity contribution is 5.69. The number of benzene rings is 3. The minimum atomic E-state index is -0.341. The van der Waals surface area contributed by atoms with Gasteiger partial charge in [-0.3, -0.25) is 0 Å². The summed E-state index contributed by atoms with van der Waals surface area (Å²) in [5.74, 6) is 1.84. The molecule has 0 amide bonds. The number of aromatic nitrogens is 1. The van der Waals surface area contributed by atoms with Gasteiger partial charge < -0.3 is 18.9 Å². The summed E-state index contributed by atoms with van der Waals surface area (Å²) in [6.45, 7) is 8.35. The minimum Gasteiger partial charge on any atom is -0.491 e. The Labute approximate surface area is 226 Å². The molecule has 38 heavy (non-hydrogen) atoms. The van der Waals surface area contributed by atoms with Crippen LogP contribution in [0.25, 0.3) is 11.1 Å². The van der Waals surface area contributed by atoms with Crippen LogP contribution in [-0.4, -0.2) is 23.8 Å². The maximum atomic E-state index is 6.20. The molecule has 0 N–H and O–H groups in total. The first-order chi connectivity index (χ1) is 18.5. The highest BCUT2D eigenvalue weighted by Crippen LogP contribution is 2.32. The van der Waals surface area contributed by atoms with Gasteiger partial charge in [-0.25, -0.2) is 0 Å². The number of pyridine rings is 1. The largest absolute Gasteiger partial charge is 0.491 e. The van der Waals surface area contributed by atoms with Crippen molar-refractivity contribution in [1.29, 1.82) is 0 Å². The fourth-order valence-corrected chi connectivity index (χ4v) is 3.81. The van der Waals surface area contributed by atoms with Crippen LogP contribution in [0.1, 0.15) is 44.7 Å². The summed E-state index contributed by atoms with van der Waals surface area (Å²) in [6.07, 6.45) is 2.17. The van der Waals surface area contributed by atoms with E-state index in [9.17, 15) is 0 Å². The van der Waals surface area contributed by atoms with Crippen molar-refractivity contribution in [3.63, 3.8) is 0 Å². The topological polar surface area (TPSA) is 49.8 Å². The Hall–Kier alpha value is -3.83. The molecule has 4 aromatic rings. The predicted octanol–water partition coefficient (Wildman–Crippen LogP) is 7.88. The van der Waals surface area contributed by atoms with Gasteiger partial charge in [0.2, 0.25) is 11.8 Å². The molecular weight excluding hydrogens is 474 g/mol. The first-order valence-corrected chi connectivity index (χ1v) is 13.2. The van der Waals surface area contributed by atoms with Crippen LogP contribution in [0, 0.1) is 0 Å². The van der Waals surface area contributed by atoms with E-state index in [0.29, 0.717) is 31.6 Å². The van der Waals surface area contributed by atoms with Crippen LogP contribution in [0.3, 0.4) is 0 Å². The third-order valence-electron chi connectivity index (χ3n) is 6.03. The van der Waals surface area contributed by atoms with Crippen molar-refractivity contribution in [1.82, 2.24) is 4.98 Å². The highest BCUT2D eigenvalue weighted by atomic mass is 16.5. The van der Waals surface area contributed by atoms with Crippen LogP contribution in [0.4, 0.5) is 0 Å². The van der Waals surface area contributed by atoms with E-state index in [4.69, 9.17) is 23.9 Å². The Morgan fingerprint density at radius 1 is 0.684 bits per heavy atom. The normalized spacial score (nSPS) is 11.2. The van der Waals surface area contributed by atoms with Crippen LogP contribution in [0.5, 0.6) is 17.5 Å². The SMILES string of the molecule is CCCCOC(C)(C)COc1ccc(-c2ccc(OCc3ccccc3)nc2OCc2ccccc2)cc1. The number of ether oxygens (including phenoxy) is 4. The molecule has 0 fully saturated rings. The maximum absolute atomic E-state index is 6.20. The van der Waals surface area contributed by atoms with Crippen molar-refractivity contribution >= 4 is 0 Å². The summed E-state index contributed by atoms with van der Waals surface area (Å²) >= 11 is 0. The van der Waals surface area contributed by atoms with E-state index in [2.05, 4.69) is 20.8 Å². The van der Waals surface area contributed by atoms with Crippen LogP contribution < -0.4 is 14.2 Å². The van der Waals surface area contributed by atoms with Crippen molar-refractivity contribution < 1.29 is 18.9 Å². The fraction of sp³-hybridized carbons (Fsp3) is 0.303. The Morgan fingerprint density at radius 2 is 1.32 bits per heavy atom. The standard InChI is InChI=1S/C33H37NO4/c1-4-5-22-38-33(2,3)25-37-29-18-16-28(17-19-29)30-20-21-31(35-23-26-12-8-6-9-13-26)34-32(30)36-24-27-14-10-7-11-15-27/h6-21H,4-5,22-25H2,1-3H3. The second kappa shape index (κ2) is 13.6. The van der Waals surface area contributed by atoms with Crippen molar-refractivity contribution in [2.45, 2.75) is 52.4 Å². The Bertz CT molecular complexity index is 1240. The molecule has 0 unspecified atom stereocenters. The fourth-order valence-electron chi connectivity index (χ4n) is 3.81. The molecular formula is C33H37NO4. The first kappa shape index (κ1) is 27.2. The zero-order valence-electron chi connectivity index (χ0n) is 22.6. The average Bonchev–Trinajstić information content (AvgIpc) is 2.95. The zero-order chi connectivity index (χ0) is 26.6. The zero-order valence-corrected chi connectivity index (χ0v) is 22.6. The Morgan fingerprint density at radius 3 is 1.95 bits per heavy atom. The van der Waals surface area contributed by atoms with Crippen molar-refractivity contribution in [2.75, 3.05) is 13.2 Å². The molecule has 3 aromatic carbocycles. The molecule has 198 valence electrons. The van der Waals surface area contributed by atoms with Crippen LogP contribution in [0.15, 0.2) is 97.1 Å². The van der Waals surface area contributed by atoms with Gasteiger partial charge in [-0.05, 0) is 55.2 Å². The van der Waals surface area contributed by atoms with Gasteiger partial charge in [-0.15, -0.1) is 0 Å². The molecule has 5 heteroatoms. The lowest BCUT2D eigenvalue weighted by atomic mass is 10.1. The van der Waals surface area contributed by atoms with E-state index in [1.54, 1.807) is 0 Å². The quantitative estimate of drug-likeness (QED) is 0.161. The number of rotatable bonds is 14. The van der Waals surface area contributed by atoms with Gasteiger partial charge in [-0.1, -0.05) is 86.1 Å². The van der Waals surface area contributed by atoms with E-state index in [0.717, 1.165) is 47.5 Å². The molecule has 4 rings (SSSR count). The smallest absolute Gasteiger partial charge is 0.225 e. The summed E-state index contributed by atoms with van der Waals surface area (Å²) in [5.41, 5.74) is 3.69. The lowest BCUT2D eigenvalue weighted by Crippen LogP contribution is -2.32. The van der Waals surface area contributed by atoms with Gasteiger partial charge >= 0.3 is 0 Å². The van der Waals surface area contributed by atoms with E-state index >= 15 is 0 Å². The highest BCUT2D eigenvalue weighted by Gasteiger charge is 2.19. The molecule has 0 atom stereocenters. The summed E-state index contributed by atoms with van der Waals surface area (Å²) < 4.78 is 24.2. The van der Waals surface area contributed by atoms with Crippen LogP contribution in [0.2, 0.25) is 0 Å². The monoisotopic (exact) mass is 511 g/mol. The van der Waals surface area contributed by atoms with Crippen molar-refractivity contribution in [3.05, 3.63) is 108 Å². The lowest BCUT2D eigenvalue weighted by molar-refractivity contribution is -0.0477. The third kappa shape index (κ3) is 8.35.